The van der Waals surface area contributed by atoms with Crippen LogP contribution in [0, 0.1) is 0 Å². The largest absolute Gasteiger partial charge is 0.294 e. The fraction of sp³-hybridized carbons (Fsp3) is 0.783. The van der Waals surface area contributed by atoms with Crippen molar-refractivity contribution in [2.45, 2.75) is 237 Å². The zero-order chi connectivity index (χ0) is 36.0. The predicted molar refractivity (Wildman–Crippen MR) is 220 cm³/mol. The molecule has 0 unspecified atom stereocenters. The highest BCUT2D eigenvalue weighted by Crippen LogP contribution is 2.30. The Balaban J connectivity index is 1.65. The van der Waals surface area contributed by atoms with E-state index in [1.807, 2.05) is 6.07 Å². The minimum absolute atomic E-state index is 0.0380. The van der Waals surface area contributed by atoms with Crippen LogP contribution < -0.4 is 0 Å². The van der Waals surface area contributed by atoms with Gasteiger partial charge in [0.1, 0.15) is 0 Å². The van der Waals surface area contributed by atoms with Gasteiger partial charge in [0.15, 0.2) is 0 Å². The van der Waals surface area contributed by atoms with Gasteiger partial charge in [-0.1, -0.05) is 225 Å². The lowest BCUT2D eigenvalue weighted by molar-refractivity contribution is 0.483. The summed E-state index contributed by atoms with van der Waals surface area (Å²) in [5, 5.41) is 2.17. The lowest BCUT2D eigenvalue weighted by atomic mass is 9.93. The van der Waals surface area contributed by atoms with Gasteiger partial charge < -0.3 is 0 Å². The molecule has 1 N–H and O–H groups in total. The molecule has 0 aromatic heterocycles. The Morgan fingerprint density at radius 1 is 0.420 bits per heavy atom. The average Bonchev–Trinajstić information content (AvgIpc) is 3.10. The predicted octanol–water partition coefficient (Wildman–Crippen LogP) is 15.7. The Morgan fingerprint density at radius 3 is 1.08 bits per heavy atom. The Morgan fingerprint density at radius 2 is 0.740 bits per heavy atom. The van der Waals surface area contributed by atoms with Gasteiger partial charge in [-0.05, 0) is 59.7 Å². The smallest absolute Gasteiger partial charge is 0.282 e. The Hall–Kier alpha value is -1.39. The van der Waals surface area contributed by atoms with E-state index in [9.17, 15) is 13.0 Å². The standard InChI is InChI=1S/C46H80O3S/c1-3-5-7-9-11-13-15-17-19-21-23-25-27-29-31-33-36-42-38-35-39-44-41-45(50(47,48)49)40-43(46(42)44)37-34-32-30-28-26-24-22-20-18-16-14-12-10-8-6-4-2/h35,38-41H,3-34,36-37H2,1-2H3,(H,47,48,49). The molecule has 0 radical (unpaired) electrons. The van der Waals surface area contributed by atoms with Crippen molar-refractivity contribution in [2.75, 3.05) is 0 Å². The molecule has 0 fully saturated rings. The van der Waals surface area contributed by atoms with Crippen LogP contribution in [-0.4, -0.2) is 13.0 Å². The molecule has 0 saturated heterocycles. The Bertz CT molecular complexity index is 1190. The van der Waals surface area contributed by atoms with E-state index in [1.54, 1.807) is 12.1 Å². The first-order valence-electron chi connectivity index (χ1n) is 22.0. The molecule has 0 aliphatic carbocycles. The highest BCUT2D eigenvalue weighted by Gasteiger charge is 2.15. The van der Waals surface area contributed by atoms with E-state index in [-0.39, 0.29) is 4.90 Å². The summed E-state index contributed by atoms with van der Waals surface area (Å²) in [5.74, 6) is 0. The van der Waals surface area contributed by atoms with Gasteiger partial charge in [0.2, 0.25) is 0 Å². The minimum Gasteiger partial charge on any atom is -0.282 e. The van der Waals surface area contributed by atoms with Gasteiger partial charge in [-0.3, -0.25) is 4.55 Å². The molecule has 0 bridgehead atoms. The van der Waals surface area contributed by atoms with Gasteiger partial charge >= 0.3 is 0 Å². The average molecular weight is 713 g/mol. The van der Waals surface area contributed by atoms with Gasteiger partial charge in [0.25, 0.3) is 10.1 Å². The molecular formula is C46H80O3S. The molecule has 50 heavy (non-hydrogen) atoms. The van der Waals surface area contributed by atoms with Gasteiger partial charge in [-0.15, -0.1) is 0 Å². The minimum atomic E-state index is -4.24. The van der Waals surface area contributed by atoms with Crippen LogP contribution in [0.4, 0.5) is 0 Å². The third-order valence-electron chi connectivity index (χ3n) is 11.0. The van der Waals surface area contributed by atoms with Crippen LogP contribution in [0.2, 0.25) is 0 Å². The van der Waals surface area contributed by atoms with Gasteiger partial charge in [-0.25, -0.2) is 0 Å². The zero-order valence-corrected chi connectivity index (χ0v) is 33.9. The maximum absolute atomic E-state index is 12.1. The van der Waals surface area contributed by atoms with E-state index in [2.05, 4.69) is 26.0 Å². The van der Waals surface area contributed by atoms with Crippen LogP contribution in [-0.2, 0) is 23.0 Å². The van der Waals surface area contributed by atoms with Crippen molar-refractivity contribution in [3.8, 4) is 0 Å². The first kappa shape index (κ1) is 44.8. The van der Waals surface area contributed by atoms with E-state index in [0.29, 0.717) is 0 Å². The molecule has 0 atom stereocenters. The molecule has 2 aromatic carbocycles. The summed E-state index contributed by atoms with van der Waals surface area (Å²) in [4.78, 5) is 0.0380. The molecule has 0 aliphatic rings. The fourth-order valence-electron chi connectivity index (χ4n) is 7.85. The molecule has 0 spiro atoms. The Labute approximate surface area is 311 Å². The molecule has 2 aromatic rings. The number of aryl methyl sites for hydroxylation is 2. The first-order valence-corrected chi connectivity index (χ1v) is 23.4. The summed E-state index contributed by atoms with van der Waals surface area (Å²) in [7, 11) is -4.24. The maximum atomic E-state index is 12.1. The highest BCUT2D eigenvalue weighted by atomic mass is 32.2. The number of rotatable bonds is 35. The maximum Gasteiger partial charge on any atom is 0.294 e. The molecule has 4 heteroatoms. The second-order valence-corrected chi connectivity index (χ2v) is 17.1. The van der Waals surface area contributed by atoms with E-state index in [0.717, 1.165) is 30.2 Å². The molecule has 3 nitrogen and oxygen atoms in total. The lowest BCUT2D eigenvalue weighted by Gasteiger charge is -2.14. The van der Waals surface area contributed by atoms with Crippen molar-refractivity contribution in [1.29, 1.82) is 0 Å². The first-order chi connectivity index (χ1) is 24.5. The third-order valence-corrected chi connectivity index (χ3v) is 11.8. The van der Waals surface area contributed by atoms with Crippen molar-refractivity contribution in [3.63, 3.8) is 0 Å². The fourth-order valence-corrected chi connectivity index (χ4v) is 8.42. The monoisotopic (exact) mass is 713 g/mol. The molecule has 288 valence electrons. The van der Waals surface area contributed by atoms with E-state index in [4.69, 9.17) is 0 Å². The summed E-state index contributed by atoms with van der Waals surface area (Å²) in [5.41, 5.74) is 2.42. The molecule has 0 aliphatic heterocycles. The lowest BCUT2D eigenvalue weighted by Crippen LogP contribution is -2.02. The van der Waals surface area contributed by atoms with E-state index >= 15 is 0 Å². The van der Waals surface area contributed by atoms with Crippen LogP contribution in [0.25, 0.3) is 10.8 Å². The van der Waals surface area contributed by atoms with Crippen LogP contribution in [0.1, 0.15) is 230 Å². The number of hydrogen-bond donors (Lipinski definition) is 1. The summed E-state index contributed by atoms with van der Waals surface area (Å²) in [6.45, 7) is 4.57. The van der Waals surface area contributed by atoms with E-state index < -0.39 is 10.1 Å². The second-order valence-electron chi connectivity index (χ2n) is 15.7. The van der Waals surface area contributed by atoms with Crippen LogP contribution in [0.5, 0.6) is 0 Å². The number of hydrogen-bond acceptors (Lipinski definition) is 2. The molecule has 0 heterocycles. The SMILES string of the molecule is CCCCCCCCCCCCCCCCCCc1cccc2cc(S(=O)(=O)O)cc(CCCCCCCCCCCCCCCCCC)c12. The van der Waals surface area contributed by atoms with Gasteiger partial charge in [-0.2, -0.15) is 8.42 Å². The van der Waals surface area contributed by atoms with Crippen LogP contribution >= 0.6 is 0 Å². The van der Waals surface area contributed by atoms with Gasteiger partial charge in [0, 0.05) is 0 Å². The topological polar surface area (TPSA) is 54.4 Å². The second kappa shape index (κ2) is 30.1. The molecular weight excluding hydrogens is 633 g/mol. The zero-order valence-electron chi connectivity index (χ0n) is 33.1. The van der Waals surface area contributed by atoms with Gasteiger partial charge in [0.05, 0.1) is 4.90 Å². The van der Waals surface area contributed by atoms with Crippen molar-refractivity contribution < 1.29 is 13.0 Å². The van der Waals surface area contributed by atoms with Crippen LogP contribution in [0.15, 0.2) is 35.2 Å². The van der Waals surface area contributed by atoms with Crippen molar-refractivity contribution in [1.82, 2.24) is 0 Å². The summed E-state index contributed by atoms with van der Waals surface area (Å²) >= 11 is 0. The molecule has 2 rings (SSSR count). The summed E-state index contributed by atoms with van der Waals surface area (Å²) < 4.78 is 34.1. The van der Waals surface area contributed by atoms with Crippen LogP contribution in [0.3, 0.4) is 0 Å². The highest BCUT2D eigenvalue weighted by molar-refractivity contribution is 7.85. The number of benzene rings is 2. The molecule has 0 saturated carbocycles. The number of unbranched alkanes of at least 4 members (excludes halogenated alkanes) is 30. The summed E-state index contributed by atoms with van der Waals surface area (Å²) in [6.07, 6.45) is 45.4. The van der Waals surface area contributed by atoms with E-state index in [1.165, 1.54) is 210 Å². The van der Waals surface area contributed by atoms with Crippen molar-refractivity contribution in [3.05, 3.63) is 41.5 Å². The van der Waals surface area contributed by atoms with Crippen molar-refractivity contribution >= 4 is 20.9 Å². The normalized spacial score (nSPS) is 12.0. The molecule has 0 amide bonds. The number of fused-ring (bicyclic) bond motifs is 1. The van der Waals surface area contributed by atoms with Crippen molar-refractivity contribution in [2.24, 2.45) is 0 Å². The quantitative estimate of drug-likeness (QED) is 0.0572. The summed E-state index contributed by atoms with van der Waals surface area (Å²) in [6, 6.07) is 9.71. The third kappa shape index (κ3) is 21.9. The Kier molecular flexibility index (Phi) is 27.0.